The first kappa shape index (κ1) is 40.7. The summed E-state index contributed by atoms with van der Waals surface area (Å²) < 4.78 is 36.7. The number of ether oxygens (including phenoxy) is 2. The van der Waals surface area contributed by atoms with Crippen molar-refractivity contribution in [1.29, 1.82) is 10.5 Å². The number of esters is 2. The topological polar surface area (TPSA) is 248 Å². The number of carbonyl (C=O) groups is 2. The van der Waals surface area contributed by atoms with Crippen LogP contribution >= 0.6 is 23.2 Å². The Morgan fingerprint density at radius 1 is 0.778 bits per heavy atom. The third-order valence-corrected chi connectivity index (χ3v) is 8.67. The van der Waals surface area contributed by atoms with Crippen LogP contribution in [0.4, 0.5) is 5.69 Å². The zero-order valence-electron chi connectivity index (χ0n) is 27.9. The van der Waals surface area contributed by atoms with Crippen molar-refractivity contribution < 1.29 is 27.5 Å². The number of halogens is 2. The van der Waals surface area contributed by atoms with Crippen LogP contribution in [0.2, 0.25) is 10.0 Å². The number of hydrogen-bond donors (Lipinski definition) is 2. The number of pyridine rings is 2. The van der Waals surface area contributed by atoms with Gasteiger partial charge in [-0.3, -0.25) is 19.3 Å². The van der Waals surface area contributed by atoms with Crippen LogP contribution in [0, 0.1) is 22.7 Å². The second-order valence-corrected chi connectivity index (χ2v) is 13.5. The van der Waals surface area contributed by atoms with E-state index in [1.54, 1.807) is 38.1 Å². The average Bonchev–Trinajstić information content (AvgIpc) is 3.71. The summed E-state index contributed by atoms with van der Waals surface area (Å²) >= 11 is 11.9. The third-order valence-electron chi connectivity index (χ3n) is 7.34. The number of nitriles is 2. The molecular weight excluding hydrogens is 759 g/mol. The minimum absolute atomic E-state index is 0. The lowest BCUT2D eigenvalue weighted by molar-refractivity contribution is 0.0516. The van der Waals surface area contributed by atoms with Gasteiger partial charge in [0.1, 0.15) is 28.2 Å². The summed E-state index contributed by atoms with van der Waals surface area (Å²) in [6.07, 6.45) is 5.73. The fourth-order valence-electron chi connectivity index (χ4n) is 5.22. The van der Waals surface area contributed by atoms with E-state index in [4.69, 9.17) is 48.8 Å². The van der Waals surface area contributed by atoms with Gasteiger partial charge in [0.15, 0.2) is 11.4 Å². The van der Waals surface area contributed by atoms with E-state index in [2.05, 4.69) is 20.2 Å². The van der Waals surface area contributed by atoms with Gasteiger partial charge in [-0.15, -0.1) is 0 Å². The van der Waals surface area contributed by atoms with E-state index in [1.165, 1.54) is 40.2 Å². The average molecular weight is 792 g/mol. The molecule has 0 saturated carbocycles. The number of nitrogen functional groups attached to an aromatic ring is 1. The summed E-state index contributed by atoms with van der Waals surface area (Å²) in [5.41, 5.74) is 8.89. The number of benzene rings is 2. The third kappa shape index (κ3) is 9.27. The molecule has 0 spiro atoms. The molecule has 6 rings (SSSR count). The van der Waals surface area contributed by atoms with Gasteiger partial charge in [0.2, 0.25) is 10.0 Å². The van der Waals surface area contributed by atoms with Crippen molar-refractivity contribution in [1.82, 2.24) is 29.5 Å². The smallest absolute Gasteiger partial charge is 0.342 e. The molecule has 6 aromatic rings. The van der Waals surface area contributed by atoms with E-state index >= 15 is 0 Å². The summed E-state index contributed by atoms with van der Waals surface area (Å²) in [5, 5.41) is 34.0. The Hall–Kier alpha value is -6.11. The molecule has 0 unspecified atom stereocenters. The summed E-state index contributed by atoms with van der Waals surface area (Å²) in [6.45, 7) is 4.15. The van der Waals surface area contributed by atoms with Crippen LogP contribution in [-0.4, -0.2) is 63.1 Å². The fourth-order valence-corrected chi connectivity index (χ4v) is 6.31. The lowest BCUT2D eigenvalue weighted by atomic mass is 10.1. The Balaban J connectivity index is 0.000000238. The summed E-state index contributed by atoms with van der Waals surface area (Å²) in [5.74, 6) is -1.23. The molecule has 19 heteroatoms. The number of anilines is 1. The molecule has 4 aromatic heterocycles. The van der Waals surface area contributed by atoms with Gasteiger partial charge in [-0.05, 0) is 61.4 Å². The van der Waals surface area contributed by atoms with E-state index in [-0.39, 0.29) is 60.1 Å². The van der Waals surface area contributed by atoms with E-state index in [9.17, 15) is 23.3 Å². The van der Waals surface area contributed by atoms with Crippen LogP contribution in [-0.2, 0) is 32.6 Å². The quantitative estimate of drug-likeness (QED) is 0.141. The highest BCUT2D eigenvalue weighted by Gasteiger charge is 2.20. The minimum atomic E-state index is -4.05. The number of nitrogens with two attached hydrogens (primary N) is 2. The minimum Gasteiger partial charge on any atom is -0.462 e. The second kappa shape index (κ2) is 17.1. The van der Waals surface area contributed by atoms with Gasteiger partial charge in [0.25, 0.3) is 0 Å². The van der Waals surface area contributed by atoms with E-state index in [0.717, 1.165) is 10.9 Å². The molecule has 0 saturated heterocycles. The summed E-state index contributed by atoms with van der Waals surface area (Å²) in [4.78, 5) is 31.9. The molecule has 4 heterocycles. The van der Waals surface area contributed by atoms with Gasteiger partial charge in [-0.2, -0.15) is 20.7 Å². The SMILES string of the molecule is C.CCOC(=O)c1cn(Cc2cc(N)c3ncc(Cl)cc3c2)nc1C#N.CCOC(=O)c1cn(Cc2cc(S(N)(=O)=O)c3ncc(Cl)cc3c2)nc1C#N. The number of fused-ring (bicyclic) bond motifs is 2. The summed E-state index contributed by atoms with van der Waals surface area (Å²) in [6, 6.07) is 13.8. The number of hydrogen-bond acceptors (Lipinski definition) is 13. The normalized spacial score (nSPS) is 10.8. The Bertz CT molecular complexity index is 2590. The van der Waals surface area contributed by atoms with E-state index in [1.807, 2.05) is 18.2 Å². The molecule has 0 bridgehead atoms. The van der Waals surface area contributed by atoms with E-state index in [0.29, 0.717) is 38.7 Å². The number of nitrogens with zero attached hydrogens (tertiary/aromatic N) is 8. The molecule has 278 valence electrons. The molecule has 54 heavy (non-hydrogen) atoms. The molecule has 2 aromatic carbocycles. The van der Waals surface area contributed by atoms with Crippen molar-refractivity contribution in [3.63, 3.8) is 0 Å². The zero-order chi connectivity index (χ0) is 38.4. The van der Waals surface area contributed by atoms with Crippen LogP contribution in [0.3, 0.4) is 0 Å². The molecule has 0 aliphatic carbocycles. The molecule has 0 aliphatic rings. The highest BCUT2D eigenvalue weighted by molar-refractivity contribution is 7.89. The van der Waals surface area contributed by atoms with Crippen LogP contribution in [0.15, 0.2) is 66.1 Å². The Morgan fingerprint density at radius 3 is 1.67 bits per heavy atom. The van der Waals surface area contributed by atoms with E-state index < -0.39 is 22.0 Å². The van der Waals surface area contributed by atoms with Crippen LogP contribution in [0.1, 0.15) is 64.5 Å². The van der Waals surface area contributed by atoms with Gasteiger partial charge in [0, 0.05) is 35.6 Å². The lowest BCUT2D eigenvalue weighted by Crippen LogP contribution is -2.14. The van der Waals surface area contributed by atoms with Crippen molar-refractivity contribution in [2.24, 2.45) is 5.14 Å². The van der Waals surface area contributed by atoms with Crippen LogP contribution in [0.5, 0.6) is 0 Å². The first-order valence-corrected chi connectivity index (χ1v) is 17.8. The van der Waals surface area contributed by atoms with Gasteiger partial charge < -0.3 is 15.2 Å². The standard InChI is InChI=1S/C17H14ClN5O4S.C17H14ClN5O2.CH4/c1-2-27-17(24)13-9-23(22-14(13)6-19)8-10-3-11-5-12(18)7-21-16(11)15(4-10)28(20,25)26;1-2-25-17(24)13-9-23(22-15(13)6-19)8-10-3-11-5-12(18)7-21-16(11)14(20)4-10;/h3-5,7,9H,2,8H2,1H3,(H2,20,25,26);3-5,7,9H,2,8,20H2,1H3;1H4. The summed E-state index contributed by atoms with van der Waals surface area (Å²) in [7, 11) is -4.05. The molecule has 0 radical (unpaired) electrons. The van der Waals surface area contributed by atoms with Crippen LogP contribution in [0.25, 0.3) is 21.8 Å². The largest absolute Gasteiger partial charge is 0.462 e. The lowest BCUT2D eigenvalue weighted by Gasteiger charge is -2.09. The molecule has 0 fully saturated rings. The molecular formula is C35H32Cl2N10O6S. The van der Waals surface area contributed by atoms with Crippen molar-refractivity contribution >= 4 is 72.7 Å². The predicted octanol–water partition coefficient (Wildman–Crippen LogP) is 5.23. The number of sulfonamides is 1. The highest BCUT2D eigenvalue weighted by Crippen LogP contribution is 2.27. The number of aromatic nitrogens is 6. The maximum atomic E-state index is 12.0. The molecule has 0 atom stereocenters. The Morgan fingerprint density at radius 2 is 1.22 bits per heavy atom. The van der Waals surface area contributed by atoms with Crippen molar-refractivity contribution in [2.45, 2.75) is 39.3 Å². The maximum absolute atomic E-state index is 12.0. The Labute approximate surface area is 319 Å². The monoisotopic (exact) mass is 790 g/mol. The Kier molecular flexibility index (Phi) is 12.9. The first-order valence-electron chi connectivity index (χ1n) is 15.5. The van der Waals surface area contributed by atoms with Crippen molar-refractivity contribution in [2.75, 3.05) is 18.9 Å². The van der Waals surface area contributed by atoms with Crippen molar-refractivity contribution in [3.05, 3.63) is 105 Å². The zero-order valence-corrected chi connectivity index (χ0v) is 30.3. The molecule has 0 aliphatic heterocycles. The van der Waals surface area contributed by atoms with Gasteiger partial charge in [0.05, 0.1) is 53.1 Å². The van der Waals surface area contributed by atoms with Gasteiger partial charge in [-0.1, -0.05) is 30.6 Å². The number of primary sulfonamides is 1. The van der Waals surface area contributed by atoms with Gasteiger partial charge in [-0.25, -0.2) is 23.1 Å². The maximum Gasteiger partial charge on any atom is 0.342 e. The first-order chi connectivity index (χ1) is 25.2. The molecule has 0 amide bonds. The van der Waals surface area contributed by atoms with Gasteiger partial charge >= 0.3 is 11.9 Å². The van der Waals surface area contributed by atoms with Crippen molar-refractivity contribution in [3.8, 4) is 12.1 Å². The molecule has 4 N–H and O–H groups in total. The number of carbonyl (C=O) groups excluding carboxylic acids is 2. The fraction of sp³-hybridized carbons (Fsp3) is 0.200. The highest BCUT2D eigenvalue weighted by atomic mass is 35.5. The molecule has 16 nitrogen and oxygen atoms in total. The number of rotatable bonds is 9. The second-order valence-electron chi connectivity index (χ2n) is 11.1. The van der Waals surface area contributed by atoms with Crippen LogP contribution < -0.4 is 10.9 Å². The predicted molar refractivity (Wildman–Crippen MR) is 200 cm³/mol.